The van der Waals surface area contributed by atoms with Crippen molar-refractivity contribution in [2.24, 2.45) is 0 Å². The second-order valence-electron chi connectivity index (χ2n) is 7.41. The lowest BCUT2D eigenvalue weighted by Gasteiger charge is -2.36. The third-order valence-electron chi connectivity index (χ3n) is 5.54. The Labute approximate surface area is 172 Å². The Kier molecular flexibility index (Phi) is 6.05. The van der Waals surface area contributed by atoms with Gasteiger partial charge in [-0.3, -0.25) is 0 Å². The zero-order valence-electron chi connectivity index (χ0n) is 16.4. The number of hydrogen-bond donors (Lipinski definition) is 0. The summed E-state index contributed by atoms with van der Waals surface area (Å²) < 4.78 is 12.8. The molecule has 3 heteroatoms. The van der Waals surface area contributed by atoms with Gasteiger partial charge in [-0.15, -0.1) is 0 Å². The zero-order chi connectivity index (χ0) is 19.9. The summed E-state index contributed by atoms with van der Waals surface area (Å²) in [5, 5.41) is 8.96. The minimum Gasteiger partial charge on any atom is -0.372 e. The van der Waals surface area contributed by atoms with Gasteiger partial charge >= 0.3 is 0 Å². The molecule has 1 aliphatic rings. The van der Waals surface area contributed by atoms with Gasteiger partial charge in [-0.05, 0) is 29.5 Å². The van der Waals surface area contributed by atoms with Crippen molar-refractivity contribution >= 4 is 0 Å². The molecule has 29 heavy (non-hydrogen) atoms. The lowest BCUT2D eigenvalue weighted by molar-refractivity contribution is -0.0607. The van der Waals surface area contributed by atoms with Crippen LogP contribution in [0.3, 0.4) is 0 Å². The Morgan fingerprint density at radius 2 is 1.21 bits per heavy atom. The Bertz CT molecular complexity index is 838. The Morgan fingerprint density at radius 1 is 0.759 bits per heavy atom. The van der Waals surface area contributed by atoms with Crippen LogP contribution in [0.4, 0.5) is 0 Å². The summed E-state index contributed by atoms with van der Waals surface area (Å²) in [6, 6.07) is 33.3. The highest BCUT2D eigenvalue weighted by Crippen LogP contribution is 2.41. The first-order valence-electron chi connectivity index (χ1n) is 10.2. The largest absolute Gasteiger partial charge is 0.372 e. The van der Waals surface area contributed by atoms with Crippen LogP contribution in [0.1, 0.15) is 36.0 Å². The predicted octanol–water partition coefficient (Wildman–Crippen LogP) is 5.46. The second kappa shape index (κ2) is 9.05. The van der Waals surface area contributed by atoms with Gasteiger partial charge in [-0.25, -0.2) is 0 Å². The summed E-state index contributed by atoms with van der Waals surface area (Å²) in [7, 11) is 0. The van der Waals surface area contributed by atoms with E-state index in [9.17, 15) is 0 Å². The molecule has 1 unspecified atom stereocenters. The van der Waals surface area contributed by atoms with Crippen LogP contribution < -0.4 is 0 Å². The highest BCUT2D eigenvalue weighted by atomic mass is 16.6. The molecule has 0 saturated carbocycles. The fourth-order valence-electron chi connectivity index (χ4n) is 4.14. The molecule has 1 heterocycles. The van der Waals surface area contributed by atoms with E-state index in [1.165, 1.54) is 0 Å². The van der Waals surface area contributed by atoms with Gasteiger partial charge in [0.05, 0.1) is 31.3 Å². The maximum atomic E-state index is 8.96. The molecule has 4 rings (SSSR count). The Morgan fingerprint density at radius 3 is 1.66 bits per heavy atom. The number of hydrogen-bond acceptors (Lipinski definition) is 3. The number of ether oxygens (including phenoxy) is 2. The van der Waals surface area contributed by atoms with E-state index in [1.54, 1.807) is 0 Å². The van der Waals surface area contributed by atoms with Crippen LogP contribution in [0.25, 0.3) is 0 Å². The van der Waals surface area contributed by atoms with E-state index >= 15 is 0 Å². The fraction of sp³-hybridized carbons (Fsp3) is 0.269. The van der Waals surface area contributed by atoms with Gasteiger partial charge in [0.25, 0.3) is 0 Å². The molecule has 3 aromatic carbocycles. The summed E-state index contributed by atoms with van der Waals surface area (Å²) in [5.41, 5.74) is 2.54. The van der Waals surface area contributed by atoms with E-state index in [0.29, 0.717) is 13.0 Å². The fourth-order valence-corrected chi connectivity index (χ4v) is 4.14. The molecule has 0 bridgehead atoms. The van der Waals surface area contributed by atoms with Gasteiger partial charge in [0.1, 0.15) is 5.60 Å². The predicted molar refractivity (Wildman–Crippen MR) is 113 cm³/mol. The van der Waals surface area contributed by atoms with E-state index < -0.39 is 5.60 Å². The molecule has 146 valence electrons. The average Bonchev–Trinajstić information content (AvgIpc) is 3.24. The molecule has 0 aromatic heterocycles. The van der Waals surface area contributed by atoms with Crippen molar-refractivity contribution in [2.45, 2.75) is 37.1 Å². The average molecular weight is 383 g/mol. The lowest BCUT2D eigenvalue weighted by Crippen LogP contribution is -2.35. The van der Waals surface area contributed by atoms with Gasteiger partial charge in [0.15, 0.2) is 0 Å². The third kappa shape index (κ3) is 4.10. The summed E-state index contributed by atoms with van der Waals surface area (Å²) in [6.07, 6.45) is 2.30. The van der Waals surface area contributed by atoms with Crippen molar-refractivity contribution < 1.29 is 9.47 Å². The van der Waals surface area contributed by atoms with Crippen molar-refractivity contribution in [3.05, 3.63) is 108 Å². The minimum absolute atomic E-state index is 0.00358. The monoisotopic (exact) mass is 383 g/mol. The van der Waals surface area contributed by atoms with Crippen LogP contribution in [-0.4, -0.2) is 18.8 Å². The van der Waals surface area contributed by atoms with E-state index in [1.807, 2.05) is 54.6 Å². The second-order valence-corrected chi connectivity index (χ2v) is 7.41. The van der Waals surface area contributed by atoms with Gasteiger partial charge in [-0.2, -0.15) is 5.26 Å². The van der Waals surface area contributed by atoms with Crippen molar-refractivity contribution in [1.82, 2.24) is 0 Å². The molecule has 0 radical (unpaired) electrons. The Balaban J connectivity index is 1.73. The molecular weight excluding hydrogens is 358 g/mol. The minimum atomic E-state index is -0.722. The van der Waals surface area contributed by atoms with Gasteiger partial charge < -0.3 is 9.47 Å². The molecule has 3 nitrogen and oxygen atoms in total. The van der Waals surface area contributed by atoms with E-state index in [2.05, 4.69) is 42.5 Å². The number of nitriles is 1. The summed E-state index contributed by atoms with van der Waals surface area (Å²) in [5.74, 6) is 0. The number of rotatable bonds is 7. The van der Waals surface area contributed by atoms with E-state index in [4.69, 9.17) is 14.7 Å². The van der Waals surface area contributed by atoms with Crippen molar-refractivity contribution in [3.63, 3.8) is 0 Å². The van der Waals surface area contributed by atoms with E-state index in [-0.39, 0.29) is 12.2 Å². The topological polar surface area (TPSA) is 42.2 Å². The summed E-state index contributed by atoms with van der Waals surface area (Å²) >= 11 is 0. The number of benzene rings is 3. The molecule has 1 fully saturated rings. The molecule has 3 aromatic rings. The van der Waals surface area contributed by atoms with Gasteiger partial charge in [0.2, 0.25) is 0 Å². The van der Waals surface area contributed by atoms with Crippen molar-refractivity contribution in [2.75, 3.05) is 6.61 Å². The van der Waals surface area contributed by atoms with Crippen LogP contribution >= 0.6 is 0 Å². The van der Waals surface area contributed by atoms with Crippen LogP contribution in [0, 0.1) is 11.3 Å². The Hall–Kier alpha value is -2.93. The van der Waals surface area contributed by atoms with Gasteiger partial charge in [0, 0.05) is 0 Å². The van der Waals surface area contributed by atoms with Crippen LogP contribution in [-0.2, 0) is 15.1 Å². The normalized spacial score (nSPS) is 19.0. The smallest absolute Gasteiger partial charge is 0.143 e. The first kappa shape index (κ1) is 19.4. The molecule has 2 atom stereocenters. The molecule has 1 saturated heterocycles. The van der Waals surface area contributed by atoms with Crippen LogP contribution in [0.15, 0.2) is 91.0 Å². The lowest BCUT2D eigenvalue weighted by atomic mass is 9.80. The molecule has 0 aliphatic carbocycles. The maximum Gasteiger partial charge on any atom is 0.143 e. The zero-order valence-corrected chi connectivity index (χ0v) is 16.4. The first-order chi connectivity index (χ1) is 14.3. The standard InChI is InChI=1S/C26H25NO2/c27-19-18-24-16-17-25(29-24)20-28-26(21-10-4-1-5-11-21,22-12-6-2-7-13-22)23-14-8-3-9-15-23/h1-15,24-25H,16-18,20H2/t24?,25-/m1/s1. The van der Waals surface area contributed by atoms with Crippen molar-refractivity contribution in [1.29, 1.82) is 5.26 Å². The molecule has 1 aliphatic heterocycles. The molecule has 0 N–H and O–H groups in total. The quantitative estimate of drug-likeness (QED) is 0.509. The first-order valence-corrected chi connectivity index (χ1v) is 10.2. The highest BCUT2D eigenvalue weighted by Gasteiger charge is 2.39. The van der Waals surface area contributed by atoms with E-state index in [0.717, 1.165) is 29.5 Å². The summed E-state index contributed by atoms with van der Waals surface area (Å²) in [6.45, 7) is 0.473. The SMILES string of the molecule is N#CCC1CC[C@H](COC(c2ccccc2)(c2ccccc2)c2ccccc2)O1. The molecule has 0 spiro atoms. The van der Waals surface area contributed by atoms with Crippen molar-refractivity contribution in [3.8, 4) is 6.07 Å². The van der Waals surface area contributed by atoms with Gasteiger partial charge in [-0.1, -0.05) is 91.0 Å². The summed E-state index contributed by atoms with van der Waals surface area (Å²) in [4.78, 5) is 0. The molecular formula is C26H25NO2. The maximum absolute atomic E-state index is 8.96. The van der Waals surface area contributed by atoms with Crippen LogP contribution in [0.5, 0.6) is 0 Å². The third-order valence-corrected chi connectivity index (χ3v) is 5.54. The number of nitrogens with zero attached hydrogens (tertiary/aromatic N) is 1. The van der Waals surface area contributed by atoms with Crippen LogP contribution in [0.2, 0.25) is 0 Å². The molecule has 0 amide bonds. The highest BCUT2D eigenvalue weighted by molar-refractivity contribution is 5.47.